The van der Waals surface area contributed by atoms with Gasteiger partial charge in [-0.25, -0.2) is 9.18 Å². The Balaban J connectivity index is 2.66. The smallest absolute Gasteiger partial charge is 0.326 e. The first-order valence-corrected chi connectivity index (χ1v) is 6.36. The summed E-state index contributed by atoms with van der Waals surface area (Å²) in [6.07, 6.45) is 2.79. The normalized spacial score (nSPS) is 12.6. The molecule has 1 aromatic rings. The van der Waals surface area contributed by atoms with E-state index in [1.54, 1.807) is 12.1 Å². The molecule has 1 aromatic carbocycles. The number of aliphatic carboxylic acids is 1. The van der Waals surface area contributed by atoms with E-state index in [1.165, 1.54) is 18.2 Å². The largest absolute Gasteiger partial charge is 0.480 e. The third-order valence-electron chi connectivity index (χ3n) is 2.64. The summed E-state index contributed by atoms with van der Waals surface area (Å²) < 4.78 is 13.3. The zero-order valence-corrected chi connectivity index (χ0v) is 11.5. The number of carbonyl (C=O) groups excluding carboxylic acids is 1. The predicted molar refractivity (Wildman–Crippen MR) is 74.5 cm³/mol. The van der Waals surface area contributed by atoms with Crippen LogP contribution in [0.2, 0.25) is 0 Å². The summed E-state index contributed by atoms with van der Waals surface area (Å²) >= 11 is 0. The van der Waals surface area contributed by atoms with Crippen molar-refractivity contribution in [3.05, 3.63) is 41.7 Å². The molecule has 0 unspecified atom stereocenters. The van der Waals surface area contributed by atoms with Crippen LogP contribution in [-0.2, 0) is 9.59 Å². The van der Waals surface area contributed by atoms with Gasteiger partial charge in [0.15, 0.2) is 0 Å². The van der Waals surface area contributed by atoms with Crippen molar-refractivity contribution < 1.29 is 19.1 Å². The molecular formula is C15H18FNO3. The molecule has 0 aliphatic rings. The van der Waals surface area contributed by atoms with Crippen molar-refractivity contribution in [1.29, 1.82) is 0 Å². The van der Waals surface area contributed by atoms with Crippen LogP contribution < -0.4 is 5.32 Å². The van der Waals surface area contributed by atoms with Gasteiger partial charge in [0.05, 0.1) is 0 Å². The average Bonchev–Trinajstić information content (AvgIpc) is 2.36. The van der Waals surface area contributed by atoms with Crippen LogP contribution >= 0.6 is 0 Å². The Morgan fingerprint density at radius 3 is 2.55 bits per heavy atom. The van der Waals surface area contributed by atoms with Crippen LogP contribution in [0.3, 0.4) is 0 Å². The molecule has 1 rings (SSSR count). The molecule has 0 saturated heterocycles. The zero-order chi connectivity index (χ0) is 15.1. The Labute approximate surface area is 117 Å². The summed E-state index contributed by atoms with van der Waals surface area (Å²) in [6.45, 7) is 3.74. The van der Waals surface area contributed by atoms with E-state index in [9.17, 15) is 14.0 Å². The summed E-state index contributed by atoms with van der Waals surface area (Å²) in [6, 6.07) is 5.08. The standard InChI is InChI=1S/C15H18FNO3/c1-10(2)9-13(15(19)20)17-14(18)8-7-11-5-3-4-6-12(11)16/h3-8,10,13H,9H2,1-2H3,(H,17,18)(H,19,20)/t13-/m1/s1. The van der Waals surface area contributed by atoms with Gasteiger partial charge in [-0.3, -0.25) is 4.79 Å². The maximum absolute atomic E-state index is 13.3. The van der Waals surface area contributed by atoms with Crippen LogP contribution in [-0.4, -0.2) is 23.0 Å². The van der Waals surface area contributed by atoms with Crippen molar-refractivity contribution >= 4 is 18.0 Å². The van der Waals surface area contributed by atoms with Crippen molar-refractivity contribution in [2.24, 2.45) is 5.92 Å². The minimum atomic E-state index is -1.08. The fourth-order valence-electron chi connectivity index (χ4n) is 1.69. The lowest BCUT2D eigenvalue weighted by Crippen LogP contribution is -2.40. The first kappa shape index (κ1) is 15.9. The lowest BCUT2D eigenvalue weighted by Gasteiger charge is -2.15. The van der Waals surface area contributed by atoms with Crippen LogP contribution in [0.5, 0.6) is 0 Å². The molecule has 108 valence electrons. The van der Waals surface area contributed by atoms with Crippen LogP contribution in [0.25, 0.3) is 6.08 Å². The molecule has 5 heteroatoms. The van der Waals surface area contributed by atoms with Gasteiger partial charge in [-0.2, -0.15) is 0 Å². The van der Waals surface area contributed by atoms with Crippen LogP contribution in [0.4, 0.5) is 4.39 Å². The first-order chi connectivity index (χ1) is 9.40. The first-order valence-electron chi connectivity index (χ1n) is 6.36. The van der Waals surface area contributed by atoms with E-state index in [2.05, 4.69) is 5.32 Å². The van der Waals surface area contributed by atoms with Crippen molar-refractivity contribution in [3.8, 4) is 0 Å². The molecule has 20 heavy (non-hydrogen) atoms. The van der Waals surface area contributed by atoms with Crippen LogP contribution in [0, 0.1) is 11.7 Å². The summed E-state index contributed by atoms with van der Waals surface area (Å²) in [7, 11) is 0. The number of nitrogens with one attached hydrogen (secondary N) is 1. The molecule has 0 bridgehead atoms. The molecule has 4 nitrogen and oxygen atoms in total. The van der Waals surface area contributed by atoms with E-state index in [0.29, 0.717) is 6.42 Å². The van der Waals surface area contributed by atoms with E-state index >= 15 is 0 Å². The minimum Gasteiger partial charge on any atom is -0.480 e. The van der Waals surface area contributed by atoms with Crippen molar-refractivity contribution in [2.45, 2.75) is 26.3 Å². The minimum absolute atomic E-state index is 0.145. The average molecular weight is 279 g/mol. The Morgan fingerprint density at radius 2 is 2.00 bits per heavy atom. The summed E-state index contributed by atoms with van der Waals surface area (Å²) in [5.41, 5.74) is 0.276. The van der Waals surface area contributed by atoms with Gasteiger partial charge < -0.3 is 10.4 Å². The summed E-state index contributed by atoms with van der Waals surface area (Å²) in [4.78, 5) is 22.6. The molecule has 0 heterocycles. The molecular weight excluding hydrogens is 261 g/mol. The molecule has 0 saturated carbocycles. The van der Waals surface area contributed by atoms with Gasteiger partial charge in [-0.15, -0.1) is 0 Å². The third kappa shape index (κ3) is 5.22. The zero-order valence-electron chi connectivity index (χ0n) is 11.5. The van der Waals surface area contributed by atoms with E-state index in [4.69, 9.17) is 5.11 Å². The topological polar surface area (TPSA) is 66.4 Å². The number of halogens is 1. The lowest BCUT2D eigenvalue weighted by atomic mass is 10.0. The number of rotatable bonds is 6. The second-order valence-electron chi connectivity index (χ2n) is 4.88. The fraction of sp³-hybridized carbons (Fsp3) is 0.333. The maximum atomic E-state index is 13.3. The maximum Gasteiger partial charge on any atom is 0.326 e. The number of hydrogen-bond acceptors (Lipinski definition) is 2. The number of hydrogen-bond donors (Lipinski definition) is 2. The van der Waals surface area contributed by atoms with E-state index in [1.807, 2.05) is 13.8 Å². The van der Waals surface area contributed by atoms with Gasteiger partial charge in [0, 0.05) is 11.6 Å². The fourth-order valence-corrected chi connectivity index (χ4v) is 1.69. The molecule has 0 radical (unpaired) electrons. The monoisotopic (exact) mass is 279 g/mol. The number of benzene rings is 1. The molecule has 0 spiro atoms. The lowest BCUT2D eigenvalue weighted by molar-refractivity contribution is -0.141. The number of carboxylic acids is 1. The summed E-state index contributed by atoms with van der Waals surface area (Å²) in [5.74, 6) is -1.92. The molecule has 0 fully saturated rings. The SMILES string of the molecule is CC(C)C[C@@H](NC(=O)C=Cc1ccccc1F)C(=O)O. The highest BCUT2D eigenvalue weighted by atomic mass is 19.1. The van der Waals surface area contributed by atoms with Crippen molar-refractivity contribution in [1.82, 2.24) is 5.32 Å². The van der Waals surface area contributed by atoms with E-state index in [-0.39, 0.29) is 11.5 Å². The third-order valence-corrected chi connectivity index (χ3v) is 2.64. The van der Waals surface area contributed by atoms with Crippen molar-refractivity contribution in [2.75, 3.05) is 0 Å². The second-order valence-corrected chi connectivity index (χ2v) is 4.88. The highest BCUT2D eigenvalue weighted by Crippen LogP contribution is 2.08. The molecule has 2 N–H and O–H groups in total. The van der Waals surface area contributed by atoms with Crippen LogP contribution in [0.15, 0.2) is 30.3 Å². The number of amides is 1. The van der Waals surface area contributed by atoms with E-state index < -0.39 is 23.7 Å². The number of carbonyl (C=O) groups is 2. The molecule has 1 amide bonds. The Hall–Kier alpha value is -2.17. The Morgan fingerprint density at radius 1 is 1.35 bits per heavy atom. The Bertz CT molecular complexity index is 512. The van der Waals surface area contributed by atoms with Gasteiger partial charge in [0.1, 0.15) is 11.9 Å². The highest BCUT2D eigenvalue weighted by Gasteiger charge is 2.19. The molecule has 1 atom stereocenters. The quantitative estimate of drug-likeness (QED) is 0.786. The van der Waals surface area contributed by atoms with Gasteiger partial charge in [0.25, 0.3) is 0 Å². The predicted octanol–water partition coefficient (Wildman–Crippen LogP) is 2.45. The van der Waals surface area contributed by atoms with Gasteiger partial charge in [-0.05, 0) is 24.5 Å². The Kier molecular flexibility index (Phi) is 5.90. The number of carboxylic acid groups (broad SMARTS) is 1. The van der Waals surface area contributed by atoms with E-state index in [0.717, 1.165) is 6.08 Å². The molecule has 0 aromatic heterocycles. The summed E-state index contributed by atoms with van der Waals surface area (Å²) in [5, 5.41) is 11.4. The molecule has 0 aliphatic carbocycles. The molecule has 0 aliphatic heterocycles. The second kappa shape index (κ2) is 7.43. The van der Waals surface area contributed by atoms with Gasteiger partial charge in [-0.1, -0.05) is 32.0 Å². The van der Waals surface area contributed by atoms with Crippen molar-refractivity contribution in [3.63, 3.8) is 0 Å². The van der Waals surface area contributed by atoms with Crippen LogP contribution in [0.1, 0.15) is 25.8 Å². The van der Waals surface area contributed by atoms with Gasteiger partial charge >= 0.3 is 5.97 Å². The highest BCUT2D eigenvalue weighted by molar-refractivity contribution is 5.94. The van der Waals surface area contributed by atoms with Gasteiger partial charge in [0.2, 0.25) is 5.91 Å².